The maximum Gasteiger partial charge on any atom is 0.339 e. The van der Waals surface area contributed by atoms with Crippen molar-refractivity contribution in [3.05, 3.63) is 81.9 Å². The zero-order chi connectivity index (χ0) is 22.4. The van der Waals surface area contributed by atoms with Crippen molar-refractivity contribution in [1.29, 1.82) is 0 Å². The average molecular weight is 416 g/mol. The average Bonchev–Trinajstić information content (AvgIpc) is 2.70. The third kappa shape index (κ3) is 3.42. The van der Waals surface area contributed by atoms with Gasteiger partial charge >= 0.3 is 11.9 Å². The van der Waals surface area contributed by atoms with Gasteiger partial charge in [-0.1, -0.05) is 47.5 Å². The lowest BCUT2D eigenvalue weighted by atomic mass is 9.89. The first-order valence-electron chi connectivity index (χ1n) is 9.64. The van der Waals surface area contributed by atoms with Crippen molar-refractivity contribution in [2.45, 2.75) is 20.3 Å². The number of rotatable bonds is 4. The first kappa shape index (κ1) is 20.2. The molecule has 0 spiro atoms. The molecule has 0 unspecified atom stereocenters. The molecule has 0 aliphatic rings. The molecule has 0 radical (unpaired) electrons. The zero-order valence-electron chi connectivity index (χ0n) is 16.9. The fraction of sp³-hybridized carbons (Fsp3) is 0.120. The highest BCUT2D eigenvalue weighted by atomic mass is 16.4. The highest BCUT2D eigenvalue weighted by Gasteiger charge is 2.22. The molecule has 0 aliphatic heterocycles. The van der Waals surface area contributed by atoms with E-state index < -0.39 is 23.4 Å². The Hall–Kier alpha value is -4.06. The van der Waals surface area contributed by atoms with Gasteiger partial charge in [-0.05, 0) is 47.5 Å². The van der Waals surface area contributed by atoms with E-state index in [1.54, 1.807) is 12.1 Å². The first-order valence-corrected chi connectivity index (χ1v) is 9.64. The largest absolute Gasteiger partial charge is 0.507 e. The van der Waals surface area contributed by atoms with Crippen molar-refractivity contribution in [2.75, 3.05) is 0 Å². The van der Waals surface area contributed by atoms with E-state index in [9.17, 15) is 30.0 Å². The Morgan fingerprint density at radius 3 is 1.42 bits per heavy atom. The summed E-state index contributed by atoms with van der Waals surface area (Å²) in [5, 5.41) is 43.3. The van der Waals surface area contributed by atoms with Crippen LogP contribution in [0.4, 0.5) is 0 Å². The van der Waals surface area contributed by atoms with Crippen LogP contribution in [-0.4, -0.2) is 32.4 Å². The molecule has 6 heteroatoms. The lowest BCUT2D eigenvalue weighted by Crippen LogP contribution is -2.04. The van der Waals surface area contributed by atoms with E-state index in [0.717, 1.165) is 11.1 Å². The van der Waals surface area contributed by atoms with E-state index in [1.807, 2.05) is 38.1 Å². The Morgan fingerprint density at radius 2 is 1.06 bits per heavy atom. The number of hydrogen-bond acceptors (Lipinski definition) is 4. The van der Waals surface area contributed by atoms with Crippen LogP contribution in [0.2, 0.25) is 0 Å². The normalized spacial score (nSPS) is 11.2. The molecule has 0 atom stereocenters. The van der Waals surface area contributed by atoms with E-state index >= 15 is 0 Å². The van der Waals surface area contributed by atoms with E-state index in [-0.39, 0.29) is 17.5 Å². The third-order valence-corrected chi connectivity index (χ3v) is 5.56. The Bertz CT molecular complexity index is 1290. The fourth-order valence-corrected chi connectivity index (χ4v) is 4.04. The third-order valence-electron chi connectivity index (χ3n) is 5.56. The molecule has 0 bridgehead atoms. The number of hydrogen-bond donors (Lipinski definition) is 4. The van der Waals surface area contributed by atoms with Gasteiger partial charge in [0.25, 0.3) is 0 Å². The van der Waals surface area contributed by atoms with E-state index in [0.29, 0.717) is 32.7 Å². The van der Waals surface area contributed by atoms with Gasteiger partial charge in [0.2, 0.25) is 0 Å². The van der Waals surface area contributed by atoms with Crippen LogP contribution >= 0.6 is 0 Å². The SMILES string of the molecule is Cc1ccc2c(Cc3c(O)c(C(=O)O)cc4cc(C)ccc34)c(O)c(C(=O)O)cc2c1. The number of fused-ring (bicyclic) bond motifs is 2. The van der Waals surface area contributed by atoms with Gasteiger partial charge in [0.1, 0.15) is 22.6 Å². The monoisotopic (exact) mass is 416 g/mol. The number of benzene rings is 4. The molecule has 6 nitrogen and oxygen atoms in total. The van der Waals surface area contributed by atoms with Crippen LogP contribution in [0.5, 0.6) is 11.5 Å². The minimum absolute atomic E-state index is 0.0426. The maximum atomic E-state index is 11.7. The predicted molar refractivity (Wildman–Crippen MR) is 117 cm³/mol. The van der Waals surface area contributed by atoms with Gasteiger partial charge in [0.05, 0.1) is 0 Å². The summed E-state index contributed by atoms with van der Waals surface area (Å²) in [5.41, 5.74) is 1.99. The van der Waals surface area contributed by atoms with Crippen LogP contribution in [0, 0.1) is 13.8 Å². The molecule has 4 aromatic rings. The summed E-state index contributed by atoms with van der Waals surface area (Å²) in [5.74, 6) is -3.34. The van der Waals surface area contributed by atoms with E-state index in [1.165, 1.54) is 12.1 Å². The van der Waals surface area contributed by atoms with Crippen LogP contribution in [0.25, 0.3) is 21.5 Å². The summed E-state index contributed by atoms with van der Waals surface area (Å²) < 4.78 is 0. The summed E-state index contributed by atoms with van der Waals surface area (Å²) in [6.45, 7) is 3.76. The van der Waals surface area contributed by atoms with Crippen molar-refractivity contribution in [3.63, 3.8) is 0 Å². The summed E-state index contributed by atoms with van der Waals surface area (Å²) >= 11 is 0. The minimum Gasteiger partial charge on any atom is -0.507 e. The number of carbonyl (C=O) groups is 2. The van der Waals surface area contributed by atoms with E-state index in [2.05, 4.69) is 0 Å². The standard InChI is InChI=1S/C25H20O6/c1-12-3-5-16-14(7-12)9-20(24(28)29)22(26)18(16)11-19-17-6-4-13(2)8-15(17)10-21(23(19)27)25(30)31/h3-10,26-27H,11H2,1-2H3,(H,28,29)(H,30,31). The number of aromatic carboxylic acids is 2. The first-order chi connectivity index (χ1) is 14.7. The van der Waals surface area contributed by atoms with Crippen molar-refractivity contribution in [1.82, 2.24) is 0 Å². The molecule has 4 rings (SSSR count). The van der Waals surface area contributed by atoms with Gasteiger partial charge < -0.3 is 20.4 Å². The molecule has 0 heterocycles. The molecular weight excluding hydrogens is 396 g/mol. The van der Waals surface area contributed by atoms with Crippen LogP contribution in [0.3, 0.4) is 0 Å². The molecule has 0 saturated heterocycles. The Labute approximate surface area is 177 Å². The fourth-order valence-electron chi connectivity index (χ4n) is 4.04. The van der Waals surface area contributed by atoms with Crippen LogP contribution in [0.15, 0.2) is 48.5 Å². The molecule has 0 fully saturated rings. The van der Waals surface area contributed by atoms with Gasteiger partial charge in [-0.3, -0.25) is 0 Å². The topological polar surface area (TPSA) is 115 Å². The summed E-state index contributed by atoms with van der Waals surface area (Å²) in [7, 11) is 0. The molecular formula is C25H20O6. The number of carboxylic acid groups (broad SMARTS) is 2. The van der Waals surface area contributed by atoms with Crippen molar-refractivity contribution in [3.8, 4) is 11.5 Å². The lowest BCUT2D eigenvalue weighted by molar-refractivity contribution is 0.0682. The highest BCUT2D eigenvalue weighted by Crippen LogP contribution is 2.39. The second-order valence-electron chi connectivity index (χ2n) is 7.74. The molecule has 156 valence electrons. The molecule has 0 aliphatic carbocycles. The lowest BCUT2D eigenvalue weighted by Gasteiger charge is -2.16. The molecule has 31 heavy (non-hydrogen) atoms. The maximum absolute atomic E-state index is 11.7. The second kappa shape index (κ2) is 7.32. The number of phenols is 2. The summed E-state index contributed by atoms with van der Waals surface area (Å²) in [6, 6.07) is 13.7. The Morgan fingerprint density at radius 1 is 0.677 bits per heavy atom. The number of aromatic hydroxyl groups is 2. The molecule has 4 aromatic carbocycles. The molecule has 0 amide bonds. The predicted octanol–water partition coefficient (Wildman–Crippen LogP) is 5.01. The van der Waals surface area contributed by atoms with Gasteiger partial charge in [-0.2, -0.15) is 0 Å². The zero-order valence-corrected chi connectivity index (χ0v) is 16.9. The molecule has 0 aromatic heterocycles. The quantitative estimate of drug-likeness (QED) is 0.372. The van der Waals surface area contributed by atoms with E-state index in [4.69, 9.17) is 0 Å². The molecule has 4 N–H and O–H groups in total. The van der Waals surface area contributed by atoms with Gasteiger partial charge in [0, 0.05) is 17.5 Å². The van der Waals surface area contributed by atoms with Crippen LogP contribution in [0.1, 0.15) is 43.0 Å². The summed E-state index contributed by atoms with van der Waals surface area (Å²) in [4.78, 5) is 23.5. The smallest absolute Gasteiger partial charge is 0.339 e. The Kier molecular flexibility index (Phi) is 4.78. The van der Waals surface area contributed by atoms with Crippen LogP contribution in [-0.2, 0) is 6.42 Å². The van der Waals surface area contributed by atoms with Gasteiger partial charge in [-0.25, -0.2) is 9.59 Å². The van der Waals surface area contributed by atoms with Crippen molar-refractivity contribution >= 4 is 33.5 Å². The highest BCUT2D eigenvalue weighted by molar-refractivity contribution is 6.02. The Balaban J connectivity index is 2.06. The molecule has 0 saturated carbocycles. The second-order valence-corrected chi connectivity index (χ2v) is 7.74. The summed E-state index contributed by atoms with van der Waals surface area (Å²) in [6.07, 6.45) is -0.0426. The van der Waals surface area contributed by atoms with Gasteiger partial charge in [0.15, 0.2) is 0 Å². The minimum atomic E-state index is -1.27. The van der Waals surface area contributed by atoms with Crippen molar-refractivity contribution in [2.24, 2.45) is 0 Å². The number of carboxylic acids is 2. The van der Waals surface area contributed by atoms with Crippen molar-refractivity contribution < 1.29 is 30.0 Å². The number of aryl methyl sites for hydroxylation is 2. The van der Waals surface area contributed by atoms with Gasteiger partial charge in [-0.15, -0.1) is 0 Å². The van der Waals surface area contributed by atoms with Crippen LogP contribution < -0.4 is 0 Å².